The van der Waals surface area contributed by atoms with Gasteiger partial charge in [-0.1, -0.05) is 39.8 Å². The summed E-state index contributed by atoms with van der Waals surface area (Å²) in [5.74, 6) is -0.439. The van der Waals surface area contributed by atoms with E-state index in [-0.39, 0.29) is 23.0 Å². The van der Waals surface area contributed by atoms with Crippen molar-refractivity contribution < 1.29 is 19.1 Å². The van der Waals surface area contributed by atoms with Crippen molar-refractivity contribution in [3.8, 4) is 0 Å². The largest absolute Gasteiger partial charge is 0.466 e. The summed E-state index contributed by atoms with van der Waals surface area (Å²) < 4.78 is 11.3. The third kappa shape index (κ3) is 7.08. The Morgan fingerprint density at radius 2 is 1.76 bits per heavy atom. The molecule has 4 nitrogen and oxygen atoms in total. The Bertz CT molecular complexity index is 500. The van der Waals surface area contributed by atoms with Crippen LogP contribution in [0, 0.1) is 5.92 Å². The zero-order valence-corrected chi connectivity index (χ0v) is 18.8. The van der Waals surface area contributed by atoms with Crippen LogP contribution in [0.2, 0.25) is 18.1 Å². The normalized spacial score (nSPS) is 17.9. The topological polar surface area (TPSA) is 55.8 Å². The summed E-state index contributed by atoms with van der Waals surface area (Å²) in [7, 11) is -0.607. The Balaban J connectivity index is 5.32. The highest BCUT2D eigenvalue weighted by Crippen LogP contribution is 2.39. The molecule has 146 valence electrons. The van der Waals surface area contributed by atoms with Crippen molar-refractivity contribution in [3.05, 3.63) is 23.3 Å². The molecular weight excluding hydrogens is 332 g/mol. The van der Waals surface area contributed by atoms with Gasteiger partial charge in [-0.15, -0.1) is 0 Å². The van der Waals surface area contributed by atoms with E-state index in [1.165, 1.54) is 7.11 Å². The number of rotatable bonds is 8. The molecule has 0 aliphatic rings. The quantitative estimate of drug-likeness (QED) is 0.287. The smallest absolute Gasteiger partial charge is 0.333 e. The highest BCUT2D eigenvalue weighted by Gasteiger charge is 2.41. The van der Waals surface area contributed by atoms with Crippen molar-refractivity contribution in [3.63, 3.8) is 0 Å². The fourth-order valence-electron chi connectivity index (χ4n) is 2.23. The molecule has 0 aliphatic heterocycles. The van der Waals surface area contributed by atoms with Gasteiger partial charge in [0, 0.05) is 11.5 Å². The molecule has 0 aromatic heterocycles. The van der Waals surface area contributed by atoms with Crippen molar-refractivity contribution in [2.75, 3.05) is 7.11 Å². The van der Waals surface area contributed by atoms with Crippen LogP contribution in [0.4, 0.5) is 0 Å². The minimum Gasteiger partial charge on any atom is -0.466 e. The molecule has 25 heavy (non-hydrogen) atoms. The highest BCUT2D eigenvalue weighted by molar-refractivity contribution is 6.74. The lowest BCUT2D eigenvalue weighted by Gasteiger charge is -2.42. The number of hydrogen-bond acceptors (Lipinski definition) is 4. The molecule has 0 saturated heterocycles. The van der Waals surface area contributed by atoms with E-state index in [0.717, 1.165) is 5.57 Å². The van der Waals surface area contributed by atoms with E-state index in [4.69, 9.17) is 9.16 Å². The van der Waals surface area contributed by atoms with Gasteiger partial charge >= 0.3 is 5.97 Å². The van der Waals surface area contributed by atoms with Crippen molar-refractivity contribution >= 4 is 14.3 Å². The lowest BCUT2D eigenvalue weighted by molar-refractivity contribution is -0.136. The lowest BCUT2D eigenvalue weighted by Crippen LogP contribution is -2.47. The first-order chi connectivity index (χ1) is 11.3. The average Bonchev–Trinajstić information content (AvgIpc) is 2.53. The summed E-state index contributed by atoms with van der Waals surface area (Å²) in [6, 6.07) is 0. The molecule has 3 atom stereocenters. The molecule has 0 heterocycles. The van der Waals surface area contributed by atoms with Crippen LogP contribution in [0.3, 0.4) is 0 Å². The first-order valence-corrected chi connectivity index (χ1v) is 11.9. The predicted octanol–water partition coefficient (Wildman–Crippen LogP) is 4.85. The Morgan fingerprint density at radius 1 is 1.24 bits per heavy atom. The number of aliphatic hydroxyl groups excluding tert-OH is 1. The summed E-state index contributed by atoms with van der Waals surface area (Å²) >= 11 is 0. The summed E-state index contributed by atoms with van der Waals surface area (Å²) in [5, 5.41) is 10.7. The molecule has 5 heteroatoms. The van der Waals surface area contributed by atoms with Crippen LogP contribution in [0.1, 0.15) is 54.9 Å². The minimum atomic E-state index is -1.97. The van der Waals surface area contributed by atoms with Crippen LogP contribution in [-0.2, 0) is 14.0 Å². The Morgan fingerprint density at radius 3 is 2.16 bits per heavy atom. The molecule has 0 aliphatic carbocycles. The average molecular weight is 371 g/mol. The van der Waals surface area contributed by atoms with Crippen molar-refractivity contribution in [2.45, 2.75) is 85.2 Å². The standard InChI is InChI=1S/C20H38O4Si/c1-11-14(2)18(24-25(9,10)20(5,6)7)16(4)17(21)13-12-15(3)19(22)23-8/h11-12,16-18,21H,13H2,1-10H3/b14-11+,15-12+/t16-,17-,18+/m0/s1. The van der Waals surface area contributed by atoms with Crippen molar-refractivity contribution in [1.29, 1.82) is 0 Å². The fraction of sp³-hybridized carbons (Fsp3) is 0.750. The number of carbonyl (C=O) groups excluding carboxylic acids is 1. The Kier molecular flexibility index (Phi) is 9.34. The summed E-state index contributed by atoms with van der Waals surface area (Å²) in [4.78, 5) is 11.5. The van der Waals surface area contributed by atoms with E-state index in [1.54, 1.807) is 13.0 Å². The van der Waals surface area contributed by atoms with Gasteiger partial charge in [-0.2, -0.15) is 0 Å². The van der Waals surface area contributed by atoms with Gasteiger partial charge in [0.05, 0.1) is 19.3 Å². The molecule has 0 spiro atoms. The van der Waals surface area contributed by atoms with E-state index in [0.29, 0.717) is 12.0 Å². The molecule has 0 aromatic carbocycles. The highest BCUT2D eigenvalue weighted by atomic mass is 28.4. The minimum absolute atomic E-state index is 0.0768. The molecule has 0 aromatic rings. The number of ether oxygens (including phenoxy) is 1. The second kappa shape index (κ2) is 9.69. The molecule has 0 rings (SSSR count). The van der Waals surface area contributed by atoms with Gasteiger partial charge in [0.25, 0.3) is 0 Å². The molecule has 0 fully saturated rings. The first-order valence-electron chi connectivity index (χ1n) is 9.02. The second-order valence-corrected chi connectivity index (χ2v) is 13.1. The van der Waals surface area contributed by atoms with Crippen LogP contribution in [0.5, 0.6) is 0 Å². The predicted molar refractivity (Wildman–Crippen MR) is 107 cm³/mol. The van der Waals surface area contributed by atoms with Crippen LogP contribution in [0.15, 0.2) is 23.3 Å². The van der Waals surface area contributed by atoms with E-state index >= 15 is 0 Å². The number of hydrogen-bond donors (Lipinski definition) is 1. The van der Waals surface area contributed by atoms with Crippen LogP contribution >= 0.6 is 0 Å². The molecular formula is C20H38O4Si. The summed E-state index contributed by atoms with van der Waals surface area (Å²) in [6.45, 7) is 18.8. The van der Waals surface area contributed by atoms with Crippen LogP contribution in [-0.4, -0.2) is 38.7 Å². The van der Waals surface area contributed by atoms with Gasteiger partial charge in [-0.05, 0) is 50.9 Å². The van der Waals surface area contributed by atoms with Gasteiger partial charge < -0.3 is 14.3 Å². The first kappa shape index (κ1) is 24.1. The maximum absolute atomic E-state index is 11.5. The maximum Gasteiger partial charge on any atom is 0.333 e. The maximum atomic E-state index is 11.5. The molecule has 0 bridgehead atoms. The van der Waals surface area contributed by atoms with E-state index in [1.807, 2.05) is 13.8 Å². The van der Waals surface area contributed by atoms with Gasteiger partial charge in [-0.25, -0.2) is 4.79 Å². The van der Waals surface area contributed by atoms with Gasteiger partial charge in [0.2, 0.25) is 0 Å². The zero-order chi connectivity index (χ0) is 20.0. The van der Waals surface area contributed by atoms with E-state index in [2.05, 4.69) is 46.9 Å². The monoisotopic (exact) mass is 370 g/mol. The van der Waals surface area contributed by atoms with Crippen LogP contribution in [0.25, 0.3) is 0 Å². The molecule has 0 amide bonds. The van der Waals surface area contributed by atoms with E-state index < -0.39 is 14.4 Å². The molecule has 0 saturated carbocycles. The second-order valence-electron chi connectivity index (χ2n) is 8.37. The SMILES string of the molecule is C/C=C(\C)[C@@H](O[Si](C)(C)C(C)(C)C)[C@@H](C)[C@@H](O)C/C=C(\C)C(=O)OC. The molecule has 0 radical (unpaired) electrons. The van der Waals surface area contributed by atoms with Gasteiger partial charge in [0.1, 0.15) is 0 Å². The number of carbonyl (C=O) groups is 1. The third-order valence-corrected chi connectivity index (χ3v) is 9.84. The third-order valence-electron chi connectivity index (χ3n) is 5.39. The number of esters is 1. The number of methoxy groups -OCH3 is 1. The molecule has 0 unspecified atom stereocenters. The number of aliphatic hydroxyl groups is 1. The van der Waals surface area contributed by atoms with Gasteiger partial charge in [0.15, 0.2) is 8.32 Å². The van der Waals surface area contributed by atoms with Gasteiger partial charge in [-0.3, -0.25) is 0 Å². The summed E-state index contributed by atoms with van der Waals surface area (Å²) in [6.07, 6.45) is 3.46. The number of allylic oxidation sites excluding steroid dienone is 1. The fourth-order valence-corrected chi connectivity index (χ4v) is 3.62. The lowest BCUT2D eigenvalue weighted by atomic mass is 9.91. The van der Waals surface area contributed by atoms with Crippen LogP contribution < -0.4 is 0 Å². The Labute approximate surface area is 155 Å². The van der Waals surface area contributed by atoms with Crippen molar-refractivity contribution in [2.24, 2.45) is 5.92 Å². The Hall–Kier alpha value is -0.913. The van der Waals surface area contributed by atoms with Crippen molar-refractivity contribution in [1.82, 2.24) is 0 Å². The van der Waals surface area contributed by atoms with E-state index in [9.17, 15) is 9.90 Å². The molecule has 1 N–H and O–H groups in total. The summed E-state index contributed by atoms with van der Waals surface area (Å²) in [5.41, 5.74) is 1.64. The zero-order valence-electron chi connectivity index (χ0n) is 17.8.